The van der Waals surface area contributed by atoms with Crippen molar-refractivity contribution >= 4 is 17.5 Å². The van der Waals surface area contributed by atoms with Gasteiger partial charge in [-0.3, -0.25) is 14.9 Å². The molecule has 0 aromatic heterocycles. The van der Waals surface area contributed by atoms with Crippen molar-refractivity contribution in [3.63, 3.8) is 0 Å². The van der Waals surface area contributed by atoms with Crippen molar-refractivity contribution in [3.05, 3.63) is 45.5 Å². The first kappa shape index (κ1) is 11.5. The molecule has 0 N–H and O–H groups in total. The lowest BCUT2D eigenvalue weighted by molar-refractivity contribution is -0.385. The molecular weight excluding hydrogens is 218 g/mol. The Bertz CT molecular complexity index is 491. The molecule has 0 heterocycles. The van der Waals surface area contributed by atoms with Gasteiger partial charge in [0.1, 0.15) is 0 Å². The fourth-order valence-electron chi connectivity index (χ4n) is 2.02. The zero-order valence-corrected chi connectivity index (χ0v) is 9.39. The van der Waals surface area contributed by atoms with E-state index in [1.807, 2.05) is 0 Å². The molecule has 0 radical (unpaired) electrons. The Kier molecular flexibility index (Phi) is 3.32. The smallest absolute Gasteiger partial charge is 0.276 e. The molecule has 17 heavy (non-hydrogen) atoms. The van der Waals surface area contributed by atoms with Gasteiger partial charge in [-0.05, 0) is 37.0 Å². The molecule has 4 heteroatoms. The average Bonchev–Trinajstić information content (AvgIpc) is 2.32. The molecule has 0 saturated heterocycles. The number of allylic oxidation sites excluding steroid dienone is 1. The van der Waals surface area contributed by atoms with E-state index in [1.54, 1.807) is 24.3 Å². The maximum Gasteiger partial charge on any atom is 0.276 e. The monoisotopic (exact) mass is 231 g/mol. The Morgan fingerprint density at radius 2 is 1.88 bits per heavy atom. The highest BCUT2D eigenvalue weighted by atomic mass is 16.6. The summed E-state index contributed by atoms with van der Waals surface area (Å²) >= 11 is 0. The van der Waals surface area contributed by atoms with Crippen LogP contribution in [0.5, 0.6) is 0 Å². The molecule has 4 nitrogen and oxygen atoms in total. The van der Waals surface area contributed by atoms with Crippen molar-refractivity contribution in [1.29, 1.82) is 0 Å². The molecule has 0 unspecified atom stereocenters. The van der Waals surface area contributed by atoms with Gasteiger partial charge in [0.15, 0.2) is 5.78 Å². The Labute approximate surface area is 99.1 Å². The van der Waals surface area contributed by atoms with Gasteiger partial charge in [0.2, 0.25) is 0 Å². The van der Waals surface area contributed by atoms with Crippen molar-refractivity contribution in [2.24, 2.45) is 0 Å². The van der Waals surface area contributed by atoms with E-state index in [0.29, 0.717) is 17.6 Å². The molecule has 0 atom stereocenters. The molecule has 0 aliphatic heterocycles. The van der Waals surface area contributed by atoms with Gasteiger partial charge in [-0.2, -0.15) is 0 Å². The zero-order chi connectivity index (χ0) is 12.3. The second-order valence-corrected chi connectivity index (χ2v) is 4.12. The van der Waals surface area contributed by atoms with E-state index in [9.17, 15) is 14.9 Å². The third kappa shape index (κ3) is 2.58. The summed E-state index contributed by atoms with van der Waals surface area (Å²) in [6, 6.07) is 6.50. The Morgan fingerprint density at radius 3 is 2.59 bits per heavy atom. The Balaban J connectivity index is 2.37. The van der Waals surface area contributed by atoms with Gasteiger partial charge in [0, 0.05) is 12.5 Å². The van der Waals surface area contributed by atoms with Crippen LogP contribution in [-0.4, -0.2) is 10.7 Å². The number of hydrogen-bond donors (Lipinski definition) is 0. The van der Waals surface area contributed by atoms with Gasteiger partial charge in [-0.25, -0.2) is 0 Å². The minimum absolute atomic E-state index is 0.0540. The number of benzene rings is 1. The number of carbonyl (C=O) groups is 1. The molecule has 88 valence electrons. The third-order valence-corrected chi connectivity index (χ3v) is 2.92. The number of nitrogens with zero attached hydrogens (tertiary/aromatic N) is 1. The van der Waals surface area contributed by atoms with Crippen LogP contribution in [-0.2, 0) is 4.79 Å². The summed E-state index contributed by atoms with van der Waals surface area (Å²) in [4.78, 5) is 22.1. The Morgan fingerprint density at radius 1 is 1.18 bits per heavy atom. The molecule has 1 fully saturated rings. The lowest BCUT2D eigenvalue weighted by Gasteiger charge is -2.12. The number of hydrogen-bond acceptors (Lipinski definition) is 3. The summed E-state index contributed by atoms with van der Waals surface area (Å²) in [5.74, 6) is 0.120. The predicted octanol–water partition coefficient (Wildman–Crippen LogP) is 3.12. The van der Waals surface area contributed by atoms with Crippen LogP contribution < -0.4 is 0 Å². The molecule has 0 bridgehead atoms. The van der Waals surface area contributed by atoms with Gasteiger partial charge in [-0.15, -0.1) is 0 Å². The second-order valence-electron chi connectivity index (χ2n) is 4.12. The number of nitro groups is 1. The number of nitro benzene ring substituents is 1. The quantitative estimate of drug-likeness (QED) is 0.446. The van der Waals surface area contributed by atoms with Crippen LogP contribution >= 0.6 is 0 Å². The average molecular weight is 231 g/mol. The first-order chi connectivity index (χ1) is 8.18. The van der Waals surface area contributed by atoms with Crippen LogP contribution in [0.15, 0.2) is 29.8 Å². The second kappa shape index (κ2) is 4.91. The largest absolute Gasteiger partial charge is 0.295 e. The normalized spacial score (nSPS) is 18.4. The van der Waals surface area contributed by atoms with Crippen molar-refractivity contribution in [1.82, 2.24) is 0 Å². The molecular formula is C13H13NO3. The van der Waals surface area contributed by atoms with E-state index < -0.39 is 4.92 Å². The van der Waals surface area contributed by atoms with E-state index in [4.69, 9.17) is 0 Å². The predicted molar refractivity (Wildman–Crippen MR) is 64.5 cm³/mol. The molecule has 0 amide bonds. The first-order valence-corrected chi connectivity index (χ1v) is 5.65. The first-order valence-electron chi connectivity index (χ1n) is 5.65. The summed E-state index contributed by atoms with van der Waals surface area (Å²) in [7, 11) is 0. The molecule has 1 aromatic rings. The van der Waals surface area contributed by atoms with Crippen LogP contribution in [0.4, 0.5) is 5.69 Å². The summed E-state index contributed by atoms with van der Waals surface area (Å²) in [5, 5.41) is 10.8. The van der Waals surface area contributed by atoms with E-state index in [1.165, 1.54) is 6.07 Å². The molecule has 1 aromatic carbocycles. The van der Waals surface area contributed by atoms with Crippen LogP contribution in [0.1, 0.15) is 31.2 Å². The maximum atomic E-state index is 11.6. The van der Waals surface area contributed by atoms with Gasteiger partial charge in [0.05, 0.1) is 10.5 Å². The molecule has 1 aliphatic rings. The van der Waals surface area contributed by atoms with Crippen LogP contribution in [0.2, 0.25) is 0 Å². The molecule has 1 aliphatic carbocycles. The van der Waals surface area contributed by atoms with Crippen LogP contribution in [0.3, 0.4) is 0 Å². The van der Waals surface area contributed by atoms with Gasteiger partial charge < -0.3 is 0 Å². The summed E-state index contributed by atoms with van der Waals surface area (Å²) in [6.45, 7) is 0. The van der Waals surface area contributed by atoms with Crippen molar-refractivity contribution in [2.45, 2.75) is 25.7 Å². The SMILES string of the molecule is O=C1CCCCC1=Cc1ccccc1[N+](=O)[O-]. The summed E-state index contributed by atoms with van der Waals surface area (Å²) < 4.78 is 0. The van der Waals surface area contributed by atoms with Crippen molar-refractivity contribution in [3.8, 4) is 0 Å². The highest BCUT2D eigenvalue weighted by molar-refractivity contribution is 6.00. The molecule has 2 rings (SSSR count). The van der Waals surface area contributed by atoms with Gasteiger partial charge >= 0.3 is 0 Å². The van der Waals surface area contributed by atoms with E-state index in [0.717, 1.165) is 19.3 Å². The highest BCUT2D eigenvalue weighted by Gasteiger charge is 2.17. The minimum atomic E-state index is -0.417. The van der Waals surface area contributed by atoms with Gasteiger partial charge in [0.25, 0.3) is 5.69 Å². The number of para-hydroxylation sites is 1. The highest BCUT2D eigenvalue weighted by Crippen LogP contribution is 2.26. The number of carbonyl (C=O) groups excluding carboxylic acids is 1. The van der Waals surface area contributed by atoms with E-state index in [2.05, 4.69) is 0 Å². The Hall–Kier alpha value is -1.97. The van der Waals surface area contributed by atoms with Crippen molar-refractivity contribution in [2.75, 3.05) is 0 Å². The number of ketones is 1. The fraction of sp³-hybridized carbons (Fsp3) is 0.308. The topological polar surface area (TPSA) is 60.2 Å². The van der Waals surface area contributed by atoms with Crippen LogP contribution in [0, 0.1) is 10.1 Å². The lowest BCUT2D eigenvalue weighted by Crippen LogP contribution is -2.08. The summed E-state index contributed by atoms with van der Waals surface area (Å²) in [6.07, 6.45) is 4.86. The van der Waals surface area contributed by atoms with Crippen LogP contribution in [0.25, 0.3) is 6.08 Å². The maximum absolute atomic E-state index is 11.6. The standard InChI is InChI=1S/C13H13NO3/c15-13-8-4-2-6-11(13)9-10-5-1-3-7-12(10)14(16)17/h1,3,5,7,9H,2,4,6,8H2. The molecule has 0 spiro atoms. The van der Waals surface area contributed by atoms with E-state index >= 15 is 0 Å². The van der Waals surface area contributed by atoms with Crippen molar-refractivity contribution < 1.29 is 9.72 Å². The molecule has 1 saturated carbocycles. The fourth-order valence-corrected chi connectivity index (χ4v) is 2.02. The van der Waals surface area contributed by atoms with Gasteiger partial charge in [-0.1, -0.05) is 12.1 Å². The third-order valence-electron chi connectivity index (χ3n) is 2.92. The summed E-state index contributed by atoms with van der Waals surface area (Å²) in [5.41, 5.74) is 1.28. The number of rotatable bonds is 2. The van der Waals surface area contributed by atoms with E-state index in [-0.39, 0.29) is 11.5 Å². The minimum Gasteiger partial charge on any atom is -0.295 e. The zero-order valence-electron chi connectivity index (χ0n) is 9.39. The lowest BCUT2D eigenvalue weighted by atomic mass is 9.92. The number of Topliss-reactive ketones (excluding diaryl/α,β-unsaturated/α-hetero) is 1.